The summed E-state index contributed by atoms with van der Waals surface area (Å²) in [5.41, 5.74) is -0.748. The molecule has 23 heavy (non-hydrogen) atoms. The molecular weight excluding hydrogens is 292 g/mol. The maximum Gasteiger partial charge on any atom is 0.405 e. The average Bonchev–Trinajstić information content (AvgIpc) is 2.61. The number of carboxylic acid groups (broad SMARTS) is 1. The van der Waals surface area contributed by atoms with Crippen molar-refractivity contribution in [3.8, 4) is 0 Å². The molecule has 1 rings (SSSR count). The molecule has 1 saturated heterocycles. The molecular formula is C18H32N2O3. The summed E-state index contributed by atoms with van der Waals surface area (Å²) in [4.78, 5) is 22.9. The quantitative estimate of drug-likeness (QED) is 0.622. The second-order valence-electron chi connectivity index (χ2n) is 7.66. The molecule has 0 aliphatic carbocycles. The van der Waals surface area contributed by atoms with Crippen molar-refractivity contribution < 1.29 is 14.7 Å². The fourth-order valence-electron chi connectivity index (χ4n) is 3.45. The van der Waals surface area contributed by atoms with Gasteiger partial charge in [0.15, 0.2) is 0 Å². The minimum absolute atomic E-state index is 0.143. The number of hydrogen-bond acceptors (Lipinski definition) is 2. The third-order valence-electron chi connectivity index (χ3n) is 5.00. The molecule has 5 heteroatoms. The van der Waals surface area contributed by atoms with E-state index < -0.39 is 11.6 Å². The summed E-state index contributed by atoms with van der Waals surface area (Å²) in [6, 6.07) is 0.219. The highest BCUT2D eigenvalue weighted by Crippen LogP contribution is 2.38. The molecule has 0 aromatic carbocycles. The van der Waals surface area contributed by atoms with Gasteiger partial charge in [-0.2, -0.15) is 0 Å². The first kappa shape index (κ1) is 19.5. The average molecular weight is 324 g/mol. The van der Waals surface area contributed by atoms with Gasteiger partial charge < -0.3 is 15.7 Å². The Morgan fingerprint density at radius 1 is 1.43 bits per heavy atom. The predicted molar refractivity (Wildman–Crippen MR) is 92.4 cm³/mol. The number of nitrogens with one attached hydrogen (secondary N) is 2. The zero-order chi connectivity index (χ0) is 17.5. The molecule has 2 unspecified atom stereocenters. The van der Waals surface area contributed by atoms with Gasteiger partial charge in [-0.3, -0.25) is 4.79 Å². The van der Waals surface area contributed by atoms with Crippen LogP contribution in [0.15, 0.2) is 12.7 Å². The maximum absolute atomic E-state index is 11.6. The smallest absolute Gasteiger partial charge is 0.405 e. The standard InChI is InChI=1S/C18H32N2O3/c1-5-12-18(17(2,3)4,20-16(22)23)13-8-10-14-9-6-7-11-15(21)19-14/h5,14,20H,1,6-13H2,2-4H3,(H,19,21)(H,22,23). The van der Waals surface area contributed by atoms with Crippen LogP contribution in [0, 0.1) is 5.41 Å². The van der Waals surface area contributed by atoms with Crippen LogP contribution in [0.5, 0.6) is 0 Å². The Kier molecular flexibility index (Phi) is 7.10. The minimum Gasteiger partial charge on any atom is -0.465 e. The SMILES string of the molecule is C=CCC(CCCC1CCCCC(=O)N1)(NC(=O)O)C(C)(C)C. The lowest BCUT2D eigenvalue weighted by atomic mass is 9.68. The molecule has 2 atom stereocenters. The second-order valence-corrected chi connectivity index (χ2v) is 7.66. The molecule has 0 bridgehead atoms. The number of carbonyl (C=O) groups is 2. The first-order valence-electron chi connectivity index (χ1n) is 8.61. The van der Waals surface area contributed by atoms with Gasteiger partial charge in [0.2, 0.25) is 5.91 Å². The number of carbonyl (C=O) groups excluding carboxylic acids is 1. The van der Waals surface area contributed by atoms with Gasteiger partial charge >= 0.3 is 6.09 Å². The van der Waals surface area contributed by atoms with Crippen molar-refractivity contribution in [1.82, 2.24) is 10.6 Å². The molecule has 0 radical (unpaired) electrons. The number of amides is 2. The Morgan fingerprint density at radius 3 is 2.70 bits per heavy atom. The Bertz CT molecular complexity index is 428. The highest BCUT2D eigenvalue weighted by atomic mass is 16.4. The van der Waals surface area contributed by atoms with Crippen molar-refractivity contribution in [3.63, 3.8) is 0 Å². The number of hydrogen-bond donors (Lipinski definition) is 3. The first-order valence-corrected chi connectivity index (χ1v) is 8.61. The molecule has 0 aromatic rings. The van der Waals surface area contributed by atoms with Crippen molar-refractivity contribution >= 4 is 12.0 Å². The van der Waals surface area contributed by atoms with Gasteiger partial charge in [0.1, 0.15) is 0 Å². The molecule has 132 valence electrons. The third kappa shape index (κ3) is 5.88. The van der Waals surface area contributed by atoms with Crippen LogP contribution in [0.2, 0.25) is 0 Å². The maximum atomic E-state index is 11.6. The Morgan fingerprint density at radius 2 is 2.13 bits per heavy atom. The Hall–Kier alpha value is -1.52. The highest BCUT2D eigenvalue weighted by Gasteiger charge is 2.41. The van der Waals surface area contributed by atoms with Crippen molar-refractivity contribution in [2.24, 2.45) is 5.41 Å². The van der Waals surface area contributed by atoms with Gasteiger partial charge in [-0.25, -0.2) is 4.79 Å². The van der Waals surface area contributed by atoms with Crippen LogP contribution in [0.1, 0.15) is 72.1 Å². The van der Waals surface area contributed by atoms with Gasteiger partial charge in [0.05, 0.1) is 5.54 Å². The van der Waals surface area contributed by atoms with Crippen LogP contribution in [0.25, 0.3) is 0 Å². The summed E-state index contributed by atoms with van der Waals surface area (Å²) in [5, 5.41) is 15.1. The summed E-state index contributed by atoms with van der Waals surface area (Å²) < 4.78 is 0. The van der Waals surface area contributed by atoms with Crippen LogP contribution in [-0.2, 0) is 4.79 Å². The Labute approximate surface area is 139 Å². The lowest BCUT2D eigenvalue weighted by Crippen LogP contribution is -2.56. The molecule has 0 spiro atoms. The molecule has 0 aromatic heterocycles. The van der Waals surface area contributed by atoms with Crippen molar-refractivity contribution in [3.05, 3.63) is 12.7 Å². The van der Waals surface area contributed by atoms with E-state index in [0.717, 1.165) is 38.5 Å². The zero-order valence-corrected chi connectivity index (χ0v) is 14.8. The van der Waals surface area contributed by atoms with Crippen molar-refractivity contribution in [1.29, 1.82) is 0 Å². The highest BCUT2D eigenvalue weighted by molar-refractivity contribution is 5.76. The van der Waals surface area contributed by atoms with E-state index in [4.69, 9.17) is 0 Å². The van der Waals surface area contributed by atoms with Gasteiger partial charge in [0.25, 0.3) is 0 Å². The largest absolute Gasteiger partial charge is 0.465 e. The normalized spacial score (nSPS) is 21.7. The molecule has 1 heterocycles. The van der Waals surface area contributed by atoms with E-state index in [9.17, 15) is 14.7 Å². The third-order valence-corrected chi connectivity index (χ3v) is 5.00. The first-order chi connectivity index (χ1) is 10.7. The van der Waals surface area contributed by atoms with E-state index in [1.807, 2.05) is 0 Å². The van der Waals surface area contributed by atoms with E-state index in [2.05, 4.69) is 38.0 Å². The van der Waals surface area contributed by atoms with Crippen molar-refractivity contribution in [2.45, 2.75) is 83.7 Å². The minimum atomic E-state index is -0.996. The van der Waals surface area contributed by atoms with Gasteiger partial charge in [-0.15, -0.1) is 6.58 Å². The van der Waals surface area contributed by atoms with E-state index in [1.165, 1.54) is 0 Å². The van der Waals surface area contributed by atoms with Gasteiger partial charge in [-0.05, 0) is 43.9 Å². The van der Waals surface area contributed by atoms with Crippen LogP contribution in [0.3, 0.4) is 0 Å². The molecule has 1 aliphatic rings. The summed E-state index contributed by atoms with van der Waals surface area (Å²) in [7, 11) is 0. The molecule has 2 amide bonds. The summed E-state index contributed by atoms with van der Waals surface area (Å²) in [5.74, 6) is 0.143. The lowest BCUT2D eigenvalue weighted by molar-refractivity contribution is -0.121. The fourth-order valence-corrected chi connectivity index (χ4v) is 3.45. The van der Waals surface area contributed by atoms with E-state index in [-0.39, 0.29) is 17.4 Å². The summed E-state index contributed by atoms with van der Waals surface area (Å²) in [6.45, 7) is 9.96. The topological polar surface area (TPSA) is 78.4 Å². The number of rotatable bonds is 7. The van der Waals surface area contributed by atoms with E-state index in [0.29, 0.717) is 12.8 Å². The van der Waals surface area contributed by atoms with Crippen molar-refractivity contribution in [2.75, 3.05) is 0 Å². The predicted octanol–water partition coefficient (Wildman–Crippen LogP) is 3.84. The van der Waals surface area contributed by atoms with Gasteiger partial charge in [-0.1, -0.05) is 33.3 Å². The Balaban J connectivity index is 2.71. The second kappa shape index (κ2) is 8.37. The van der Waals surface area contributed by atoms with E-state index in [1.54, 1.807) is 6.08 Å². The fraction of sp³-hybridized carbons (Fsp3) is 0.778. The molecule has 0 saturated carbocycles. The lowest BCUT2D eigenvalue weighted by Gasteiger charge is -2.45. The molecule has 5 nitrogen and oxygen atoms in total. The summed E-state index contributed by atoms with van der Waals surface area (Å²) in [6.07, 6.45) is 7.57. The van der Waals surface area contributed by atoms with Crippen LogP contribution >= 0.6 is 0 Å². The molecule has 1 aliphatic heterocycles. The molecule has 1 fully saturated rings. The van der Waals surface area contributed by atoms with E-state index >= 15 is 0 Å². The monoisotopic (exact) mass is 324 g/mol. The van der Waals surface area contributed by atoms with Gasteiger partial charge in [0, 0.05) is 12.5 Å². The van der Waals surface area contributed by atoms with Crippen LogP contribution < -0.4 is 10.6 Å². The summed E-state index contributed by atoms with van der Waals surface area (Å²) >= 11 is 0. The molecule has 3 N–H and O–H groups in total. The zero-order valence-electron chi connectivity index (χ0n) is 14.8. The van der Waals surface area contributed by atoms with Crippen LogP contribution in [-0.4, -0.2) is 28.7 Å². The van der Waals surface area contributed by atoms with Crippen LogP contribution in [0.4, 0.5) is 4.79 Å².